The van der Waals surface area contributed by atoms with E-state index in [0.29, 0.717) is 18.5 Å². The molecule has 1 unspecified atom stereocenters. The van der Waals surface area contributed by atoms with Crippen molar-refractivity contribution in [1.82, 2.24) is 9.80 Å². The number of rotatable bonds is 7. The predicted octanol–water partition coefficient (Wildman–Crippen LogP) is 1.94. The number of hydrogen-bond donors (Lipinski definition) is 1. The molecule has 1 aliphatic rings. The predicted molar refractivity (Wildman–Crippen MR) is 84.5 cm³/mol. The highest BCUT2D eigenvalue weighted by Gasteiger charge is 2.29. The van der Waals surface area contributed by atoms with E-state index in [2.05, 4.69) is 32.6 Å². The first-order chi connectivity index (χ1) is 9.53. The summed E-state index contributed by atoms with van der Waals surface area (Å²) in [4.78, 5) is 17.1. The third kappa shape index (κ3) is 4.74. The molecule has 0 aromatic heterocycles. The third-order valence-corrected chi connectivity index (χ3v) is 4.49. The zero-order valence-corrected chi connectivity index (χ0v) is 13.8. The van der Waals surface area contributed by atoms with E-state index in [1.54, 1.807) is 0 Å². The summed E-state index contributed by atoms with van der Waals surface area (Å²) in [6.07, 6.45) is 3.12. The van der Waals surface area contributed by atoms with Crippen LogP contribution in [0.3, 0.4) is 0 Å². The van der Waals surface area contributed by atoms with Crippen molar-refractivity contribution in [3.8, 4) is 0 Å². The molecule has 1 saturated heterocycles. The highest BCUT2D eigenvalue weighted by atomic mass is 16.2. The Kier molecular flexibility index (Phi) is 7.52. The molecular formula is C16H33N3O. The lowest BCUT2D eigenvalue weighted by Crippen LogP contribution is -2.49. The van der Waals surface area contributed by atoms with Crippen molar-refractivity contribution in [2.24, 2.45) is 17.6 Å². The number of likely N-dealkylation sites (tertiary alicyclic amines) is 1. The lowest BCUT2D eigenvalue weighted by atomic mass is 9.94. The van der Waals surface area contributed by atoms with Gasteiger partial charge in [-0.1, -0.05) is 27.7 Å². The number of hydrogen-bond acceptors (Lipinski definition) is 3. The Hall–Kier alpha value is -0.610. The summed E-state index contributed by atoms with van der Waals surface area (Å²) >= 11 is 0. The summed E-state index contributed by atoms with van der Waals surface area (Å²) in [7, 11) is 0. The molecule has 20 heavy (non-hydrogen) atoms. The molecular weight excluding hydrogens is 250 g/mol. The molecule has 0 aromatic carbocycles. The van der Waals surface area contributed by atoms with Gasteiger partial charge in [0.25, 0.3) is 0 Å². The van der Waals surface area contributed by atoms with Gasteiger partial charge in [-0.2, -0.15) is 0 Å². The van der Waals surface area contributed by atoms with Crippen molar-refractivity contribution in [2.45, 2.75) is 53.0 Å². The SMILES string of the molecule is CCN(CC)C1CCN(C(=O)C(CN)CC(C)C)CC1. The fourth-order valence-electron chi connectivity index (χ4n) is 3.32. The molecule has 0 aromatic rings. The van der Waals surface area contributed by atoms with Crippen LogP contribution in [0, 0.1) is 11.8 Å². The van der Waals surface area contributed by atoms with Gasteiger partial charge in [0.05, 0.1) is 5.92 Å². The minimum atomic E-state index is 0.0139. The minimum absolute atomic E-state index is 0.0139. The quantitative estimate of drug-likeness (QED) is 0.777. The average molecular weight is 283 g/mol. The summed E-state index contributed by atoms with van der Waals surface area (Å²) in [5.74, 6) is 0.819. The van der Waals surface area contributed by atoms with Crippen LogP contribution in [0.1, 0.15) is 47.0 Å². The summed E-state index contributed by atoms with van der Waals surface area (Å²) in [5.41, 5.74) is 5.79. The van der Waals surface area contributed by atoms with Crippen molar-refractivity contribution in [3.63, 3.8) is 0 Å². The largest absolute Gasteiger partial charge is 0.342 e. The lowest BCUT2D eigenvalue weighted by Gasteiger charge is -2.39. The molecule has 4 heteroatoms. The first-order valence-electron chi connectivity index (χ1n) is 8.26. The van der Waals surface area contributed by atoms with E-state index >= 15 is 0 Å². The molecule has 0 aliphatic carbocycles. The summed E-state index contributed by atoms with van der Waals surface area (Å²) in [6.45, 7) is 13.2. The zero-order valence-electron chi connectivity index (χ0n) is 13.8. The van der Waals surface area contributed by atoms with Crippen LogP contribution in [-0.4, -0.2) is 54.5 Å². The van der Waals surface area contributed by atoms with Crippen LogP contribution in [0.25, 0.3) is 0 Å². The second-order valence-corrected chi connectivity index (χ2v) is 6.34. The van der Waals surface area contributed by atoms with E-state index in [-0.39, 0.29) is 11.8 Å². The van der Waals surface area contributed by atoms with Crippen LogP contribution in [0.4, 0.5) is 0 Å². The molecule has 1 amide bonds. The molecule has 1 atom stereocenters. The van der Waals surface area contributed by atoms with Crippen molar-refractivity contribution >= 4 is 5.91 Å². The average Bonchev–Trinajstić information content (AvgIpc) is 2.46. The van der Waals surface area contributed by atoms with Crippen LogP contribution in [-0.2, 0) is 4.79 Å². The maximum atomic E-state index is 12.5. The Morgan fingerprint density at radius 3 is 2.20 bits per heavy atom. The molecule has 2 N–H and O–H groups in total. The maximum absolute atomic E-state index is 12.5. The summed E-state index contributed by atoms with van der Waals surface area (Å²) in [5, 5.41) is 0. The molecule has 4 nitrogen and oxygen atoms in total. The van der Waals surface area contributed by atoms with E-state index in [9.17, 15) is 4.79 Å². The van der Waals surface area contributed by atoms with Crippen LogP contribution in [0.2, 0.25) is 0 Å². The van der Waals surface area contributed by atoms with Gasteiger partial charge in [-0.05, 0) is 38.3 Å². The van der Waals surface area contributed by atoms with Gasteiger partial charge in [-0.15, -0.1) is 0 Å². The Bertz CT molecular complexity index is 281. The van der Waals surface area contributed by atoms with Gasteiger partial charge < -0.3 is 15.5 Å². The summed E-state index contributed by atoms with van der Waals surface area (Å²) in [6, 6.07) is 0.649. The molecule has 0 saturated carbocycles. The van der Waals surface area contributed by atoms with Gasteiger partial charge >= 0.3 is 0 Å². The number of nitrogens with two attached hydrogens (primary N) is 1. The first-order valence-corrected chi connectivity index (χ1v) is 8.26. The first kappa shape index (κ1) is 17.4. The van der Waals surface area contributed by atoms with Crippen molar-refractivity contribution in [2.75, 3.05) is 32.7 Å². The normalized spacial score (nSPS) is 18.9. The van der Waals surface area contributed by atoms with Gasteiger partial charge in [0.2, 0.25) is 5.91 Å². The molecule has 1 rings (SSSR count). The number of amides is 1. The van der Waals surface area contributed by atoms with Crippen molar-refractivity contribution in [3.05, 3.63) is 0 Å². The monoisotopic (exact) mass is 283 g/mol. The fourth-order valence-corrected chi connectivity index (χ4v) is 3.32. The van der Waals surface area contributed by atoms with Crippen LogP contribution in [0.5, 0.6) is 0 Å². The van der Waals surface area contributed by atoms with Gasteiger partial charge in [0.1, 0.15) is 0 Å². The Labute approximate surface area is 124 Å². The Balaban J connectivity index is 2.49. The van der Waals surface area contributed by atoms with E-state index in [1.807, 2.05) is 4.90 Å². The van der Waals surface area contributed by atoms with Crippen LogP contribution < -0.4 is 5.73 Å². The molecule has 118 valence electrons. The Morgan fingerprint density at radius 2 is 1.80 bits per heavy atom. The van der Waals surface area contributed by atoms with Gasteiger partial charge in [-0.3, -0.25) is 4.79 Å². The molecule has 1 heterocycles. The molecule has 1 aliphatic heterocycles. The zero-order chi connectivity index (χ0) is 15.1. The van der Waals surface area contributed by atoms with Gasteiger partial charge in [0.15, 0.2) is 0 Å². The second-order valence-electron chi connectivity index (χ2n) is 6.34. The Morgan fingerprint density at radius 1 is 1.25 bits per heavy atom. The fraction of sp³-hybridized carbons (Fsp3) is 0.938. The van der Waals surface area contributed by atoms with E-state index in [0.717, 1.165) is 45.4 Å². The van der Waals surface area contributed by atoms with Crippen LogP contribution in [0.15, 0.2) is 0 Å². The molecule has 0 bridgehead atoms. The smallest absolute Gasteiger partial charge is 0.226 e. The lowest BCUT2D eigenvalue weighted by molar-refractivity contribution is -0.137. The van der Waals surface area contributed by atoms with Gasteiger partial charge in [-0.25, -0.2) is 0 Å². The molecule has 0 spiro atoms. The van der Waals surface area contributed by atoms with E-state index in [1.165, 1.54) is 0 Å². The number of nitrogens with zero attached hydrogens (tertiary/aromatic N) is 2. The topological polar surface area (TPSA) is 49.6 Å². The number of carbonyl (C=O) groups excluding carboxylic acids is 1. The highest BCUT2D eigenvalue weighted by Crippen LogP contribution is 2.20. The minimum Gasteiger partial charge on any atom is -0.342 e. The van der Waals surface area contributed by atoms with E-state index in [4.69, 9.17) is 5.73 Å². The maximum Gasteiger partial charge on any atom is 0.226 e. The van der Waals surface area contributed by atoms with E-state index < -0.39 is 0 Å². The summed E-state index contributed by atoms with van der Waals surface area (Å²) < 4.78 is 0. The number of carbonyl (C=O) groups is 1. The molecule has 0 radical (unpaired) electrons. The highest BCUT2D eigenvalue weighted by molar-refractivity contribution is 5.79. The van der Waals surface area contributed by atoms with Crippen molar-refractivity contribution < 1.29 is 4.79 Å². The third-order valence-electron chi connectivity index (χ3n) is 4.49. The van der Waals surface area contributed by atoms with Gasteiger partial charge in [0, 0.05) is 25.7 Å². The standard InChI is InChI=1S/C16H33N3O/c1-5-18(6-2)15-7-9-19(10-8-15)16(20)14(12-17)11-13(3)4/h13-15H,5-12,17H2,1-4H3. The van der Waals surface area contributed by atoms with Crippen LogP contribution >= 0.6 is 0 Å². The van der Waals surface area contributed by atoms with Crippen molar-refractivity contribution in [1.29, 1.82) is 0 Å². The molecule has 1 fully saturated rings. The second kappa shape index (κ2) is 8.63. The number of piperidine rings is 1.